The van der Waals surface area contributed by atoms with E-state index in [0.717, 1.165) is 68.2 Å². The number of carbonyl (C=O) groups excluding carboxylic acids is 1. The van der Waals surface area contributed by atoms with Crippen molar-refractivity contribution in [1.29, 1.82) is 0 Å². The molecule has 4 atom stereocenters. The molecule has 20 heteroatoms. The summed E-state index contributed by atoms with van der Waals surface area (Å²) in [5.74, 6) is -0.616. The van der Waals surface area contributed by atoms with Gasteiger partial charge in [0.1, 0.15) is 41.9 Å². The number of fused-ring (bicyclic) bond motifs is 2. The first-order valence-corrected chi connectivity index (χ1v) is 23.7. The molecule has 5 heterocycles. The van der Waals surface area contributed by atoms with Crippen LogP contribution in [0.15, 0.2) is 89.5 Å². The largest absolute Gasteiger partial charge is 0.474 e. The van der Waals surface area contributed by atoms with E-state index < -0.39 is 56.0 Å². The topological polar surface area (TPSA) is 236 Å². The van der Waals surface area contributed by atoms with Crippen molar-refractivity contribution >= 4 is 72.6 Å². The lowest BCUT2D eigenvalue weighted by Crippen LogP contribution is -2.47. The normalized spacial score (nSPS) is 22.3. The Kier molecular flexibility index (Phi) is 12.5. The average molecular weight is 943 g/mol. The lowest BCUT2D eigenvalue weighted by Gasteiger charge is -2.39. The van der Waals surface area contributed by atoms with Crippen LogP contribution in [0.25, 0.3) is 16.6 Å². The molecule has 0 spiro atoms. The number of hydrogen-bond donors (Lipinski definition) is 6. The van der Waals surface area contributed by atoms with Crippen molar-refractivity contribution < 1.29 is 42.9 Å². The number of aromatic amines is 1. The molecule has 2 saturated heterocycles. The molecule has 4 aliphatic rings. The number of carbonyl (C=O) groups is 1. The van der Waals surface area contributed by atoms with E-state index in [-0.39, 0.29) is 29.8 Å². The SMILES string of the molecule is CC1(C)CCC(CN2CCN(c3ccc(C(=O)NS(=O)(=O)c4ccc(NCC5OC(O)C(O)C5O)c([N+](=O)[O-])c4)c(N4CCOc5nc6[nH]ccc6cc54)c3)CC2)=C(c2ccc(Cl)cc2)C1. The number of halogens is 1. The van der Waals surface area contributed by atoms with Crippen molar-refractivity contribution in [3.8, 4) is 5.88 Å². The van der Waals surface area contributed by atoms with Crippen LogP contribution in [0.2, 0.25) is 5.02 Å². The Labute approximate surface area is 386 Å². The predicted octanol–water partition coefficient (Wildman–Crippen LogP) is 5.41. The Morgan fingerprint density at radius 2 is 1.76 bits per heavy atom. The maximum atomic E-state index is 14.3. The molecule has 5 aromatic rings. The van der Waals surface area contributed by atoms with Gasteiger partial charge in [0.05, 0.1) is 27.6 Å². The van der Waals surface area contributed by atoms with Crippen LogP contribution in [0.1, 0.15) is 49.0 Å². The second kappa shape index (κ2) is 18.1. The number of sulfonamides is 1. The number of hydrogen-bond acceptors (Lipinski definition) is 15. The molecule has 1 amide bonds. The van der Waals surface area contributed by atoms with Gasteiger partial charge in [-0.3, -0.25) is 19.8 Å². The molecule has 18 nitrogen and oxygen atoms in total. The highest BCUT2D eigenvalue weighted by atomic mass is 35.5. The number of aromatic nitrogens is 2. The van der Waals surface area contributed by atoms with Crippen molar-refractivity contribution in [3.63, 3.8) is 0 Å². The molecule has 4 unspecified atom stereocenters. The number of H-pyrrole nitrogens is 1. The number of ether oxygens (including phenoxy) is 2. The highest BCUT2D eigenvalue weighted by molar-refractivity contribution is 7.90. The Bertz CT molecular complexity index is 2810. The van der Waals surface area contributed by atoms with E-state index in [9.17, 15) is 38.6 Å². The third-order valence-electron chi connectivity index (χ3n) is 12.9. The predicted molar refractivity (Wildman–Crippen MR) is 249 cm³/mol. The van der Waals surface area contributed by atoms with E-state index in [1.165, 1.54) is 16.7 Å². The number of piperazine rings is 1. The minimum absolute atomic E-state index is 0.0390. The summed E-state index contributed by atoms with van der Waals surface area (Å²) in [6.45, 7) is 8.83. The van der Waals surface area contributed by atoms with Crippen molar-refractivity contribution in [2.45, 2.75) is 62.6 Å². The quantitative estimate of drug-likeness (QED) is 0.0678. The number of aliphatic hydroxyl groups excluding tert-OH is 3. The molecule has 1 aliphatic carbocycles. The van der Waals surface area contributed by atoms with E-state index in [1.54, 1.807) is 18.3 Å². The minimum Gasteiger partial charge on any atom is -0.474 e. The molecule has 348 valence electrons. The van der Waals surface area contributed by atoms with Gasteiger partial charge in [-0.15, -0.1) is 0 Å². The molecule has 3 aliphatic heterocycles. The lowest BCUT2D eigenvalue weighted by molar-refractivity contribution is -0.384. The highest BCUT2D eigenvalue weighted by Crippen LogP contribution is 2.44. The van der Waals surface area contributed by atoms with E-state index >= 15 is 0 Å². The smallest absolute Gasteiger partial charge is 0.293 e. The number of anilines is 4. The second-order valence-electron chi connectivity index (χ2n) is 17.9. The van der Waals surface area contributed by atoms with Gasteiger partial charge in [-0.1, -0.05) is 43.2 Å². The number of nitro benzene ring substituents is 1. The number of nitrogens with zero attached hydrogens (tertiary/aromatic N) is 5. The van der Waals surface area contributed by atoms with E-state index in [1.807, 2.05) is 35.2 Å². The number of pyridine rings is 1. The molecule has 0 saturated carbocycles. The zero-order valence-electron chi connectivity index (χ0n) is 36.3. The number of amides is 1. The van der Waals surface area contributed by atoms with Gasteiger partial charge in [-0.2, -0.15) is 4.98 Å². The summed E-state index contributed by atoms with van der Waals surface area (Å²) >= 11 is 6.25. The number of rotatable bonds is 12. The molecular formula is C46H51ClN8O10S. The van der Waals surface area contributed by atoms with Crippen molar-refractivity contribution in [2.24, 2.45) is 5.41 Å². The molecule has 6 N–H and O–H groups in total. The maximum absolute atomic E-state index is 14.3. The van der Waals surface area contributed by atoms with Gasteiger partial charge >= 0.3 is 0 Å². The molecule has 9 rings (SSSR count). The van der Waals surface area contributed by atoms with Crippen LogP contribution in [0.4, 0.5) is 28.4 Å². The van der Waals surface area contributed by atoms with Crippen LogP contribution < -0.4 is 24.6 Å². The summed E-state index contributed by atoms with van der Waals surface area (Å²) in [5.41, 5.74) is 6.01. The Morgan fingerprint density at radius 3 is 2.48 bits per heavy atom. The summed E-state index contributed by atoms with van der Waals surface area (Å²) in [6, 6.07) is 20.2. The molecule has 0 radical (unpaired) electrons. The van der Waals surface area contributed by atoms with Crippen LogP contribution in [-0.2, 0) is 14.8 Å². The monoisotopic (exact) mass is 942 g/mol. The van der Waals surface area contributed by atoms with Crippen molar-refractivity contribution in [3.05, 3.63) is 111 Å². The fourth-order valence-electron chi connectivity index (χ4n) is 9.21. The number of nitro groups is 1. The van der Waals surface area contributed by atoms with E-state index in [4.69, 9.17) is 21.1 Å². The highest BCUT2D eigenvalue weighted by Gasteiger charge is 2.42. The first-order valence-electron chi connectivity index (χ1n) is 21.8. The van der Waals surface area contributed by atoms with Gasteiger partial charge in [-0.25, -0.2) is 13.1 Å². The van der Waals surface area contributed by atoms with Crippen molar-refractivity contribution in [2.75, 3.05) is 67.5 Å². The first-order chi connectivity index (χ1) is 31.5. The third kappa shape index (κ3) is 9.29. The van der Waals surface area contributed by atoms with Gasteiger partial charge in [0.2, 0.25) is 5.88 Å². The lowest BCUT2D eigenvalue weighted by atomic mass is 9.72. The van der Waals surface area contributed by atoms with Gasteiger partial charge in [0.15, 0.2) is 6.29 Å². The number of nitrogens with one attached hydrogen (secondary N) is 3. The Balaban J connectivity index is 0.971. The first kappa shape index (κ1) is 45.4. The second-order valence-corrected chi connectivity index (χ2v) is 20.0. The molecular weight excluding hydrogens is 892 g/mol. The van der Waals surface area contributed by atoms with Crippen LogP contribution in [-0.4, -0.2) is 126 Å². The summed E-state index contributed by atoms with van der Waals surface area (Å²) in [6.07, 6.45) is -0.897. The third-order valence-corrected chi connectivity index (χ3v) is 14.5. The summed E-state index contributed by atoms with van der Waals surface area (Å²) in [5, 5.41) is 46.1. The number of benzene rings is 3. The number of allylic oxidation sites excluding steroid dienone is 1. The van der Waals surface area contributed by atoms with Gasteiger partial charge < -0.3 is 44.9 Å². The molecule has 2 fully saturated rings. The van der Waals surface area contributed by atoms with Crippen LogP contribution in [0.3, 0.4) is 0 Å². The minimum atomic E-state index is -4.69. The molecule has 0 bridgehead atoms. The van der Waals surface area contributed by atoms with E-state index in [2.05, 4.69) is 55.8 Å². The fraction of sp³-hybridized carbons (Fsp3) is 0.391. The van der Waals surface area contributed by atoms with E-state index in [0.29, 0.717) is 47.6 Å². The standard InChI is InChI=1S/C46H51ClN8O10S/c1-46(2)13-11-29(34(24-46)27-3-5-30(47)6-4-27)26-52-15-17-53(18-16-52)31-7-9-33(36(22-31)54-19-20-64-44-38(54)21-28-12-14-48-42(28)50-44)43(58)51-66(62,63)32-8-10-35(37(23-32)55(60)61)49-25-39-40(56)41(57)45(59)65-39/h3-10,12,14,21-23,39-41,45,49,56-57,59H,11,13,15-20,24-26H2,1-2H3,(H,48,50)(H,51,58). The van der Waals surface area contributed by atoms with Crippen LogP contribution in [0, 0.1) is 15.5 Å². The zero-order chi connectivity index (χ0) is 46.5. The summed E-state index contributed by atoms with van der Waals surface area (Å²) in [7, 11) is -4.69. The average Bonchev–Trinajstić information content (AvgIpc) is 3.86. The molecule has 66 heavy (non-hydrogen) atoms. The van der Waals surface area contributed by atoms with Gasteiger partial charge in [0.25, 0.3) is 21.6 Å². The molecule has 3 aromatic carbocycles. The van der Waals surface area contributed by atoms with Gasteiger partial charge in [0, 0.05) is 67.6 Å². The Morgan fingerprint density at radius 1 is 0.985 bits per heavy atom. The van der Waals surface area contributed by atoms with Crippen molar-refractivity contribution in [1.82, 2.24) is 19.6 Å². The summed E-state index contributed by atoms with van der Waals surface area (Å²) < 4.78 is 41.0. The maximum Gasteiger partial charge on any atom is 0.293 e. The fourth-order valence-corrected chi connectivity index (χ4v) is 10.3. The number of aliphatic hydroxyl groups is 3. The summed E-state index contributed by atoms with van der Waals surface area (Å²) in [4.78, 5) is 39.5. The Hall–Kier alpha value is -5.80. The van der Waals surface area contributed by atoms with Gasteiger partial charge in [-0.05, 0) is 90.4 Å². The zero-order valence-corrected chi connectivity index (χ0v) is 37.9. The molecule has 2 aromatic heterocycles. The van der Waals surface area contributed by atoms with Crippen LogP contribution in [0.5, 0.6) is 5.88 Å². The van der Waals surface area contributed by atoms with Crippen LogP contribution >= 0.6 is 11.6 Å².